The number of sulfone groups is 1. The largest absolute Gasteiger partial charge is 0.380 e. The van der Waals surface area contributed by atoms with Gasteiger partial charge < -0.3 is 9.30 Å². The average Bonchev–Trinajstić information content (AvgIpc) is 3.10. The summed E-state index contributed by atoms with van der Waals surface area (Å²) in [6, 6.07) is 9.45. The molecule has 0 aliphatic rings. The van der Waals surface area contributed by atoms with Crippen LogP contribution in [-0.4, -0.2) is 37.9 Å². The minimum Gasteiger partial charge on any atom is -0.380 e. The molecule has 1 heterocycles. The lowest BCUT2D eigenvalue weighted by molar-refractivity contribution is 0.0993. The first-order valence-corrected chi connectivity index (χ1v) is 12.5. The molecular formula is C20H20Cl2N2O4S2. The first kappa shape index (κ1) is 23.0. The molecule has 0 atom stereocenters. The maximum Gasteiger partial charge on any atom is 0.280 e. The average molecular weight is 487 g/mol. The standard InChI is InChI=1S/C20H20Cl2N2O4S2/c1-3-28-12-11-24-17-14(21)9-10-15(22)18(17)29-20(24)23-19(25)13-7-5-6-8-16(13)30(26,27)4-2/h5-10H,3-4,11-12H2,1-2H3. The number of aromatic nitrogens is 1. The van der Waals surface area contributed by atoms with Gasteiger partial charge in [-0.2, -0.15) is 4.99 Å². The van der Waals surface area contributed by atoms with Crippen molar-refractivity contribution in [3.63, 3.8) is 0 Å². The summed E-state index contributed by atoms with van der Waals surface area (Å²) in [5.41, 5.74) is 0.695. The number of fused-ring (bicyclic) bond motifs is 1. The molecule has 0 radical (unpaired) electrons. The SMILES string of the molecule is CCOCCn1c(=NC(=O)c2ccccc2S(=O)(=O)CC)sc2c(Cl)ccc(Cl)c21. The van der Waals surface area contributed by atoms with Gasteiger partial charge in [0.05, 0.1) is 43.1 Å². The number of nitrogens with zero attached hydrogens (tertiary/aromatic N) is 2. The fourth-order valence-electron chi connectivity index (χ4n) is 2.92. The summed E-state index contributed by atoms with van der Waals surface area (Å²) in [5, 5.41) is 0.970. The van der Waals surface area contributed by atoms with Crippen molar-refractivity contribution < 1.29 is 17.9 Å². The zero-order valence-corrected chi connectivity index (χ0v) is 19.5. The summed E-state index contributed by atoms with van der Waals surface area (Å²) in [4.78, 5) is 17.6. The van der Waals surface area contributed by atoms with E-state index in [4.69, 9.17) is 27.9 Å². The number of hydrogen-bond donors (Lipinski definition) is 0. The quantitative estimate of drug-likeness (QED) is 0.457. The van der Waals surface area contributed by atoms with Gasteiger partial charge >= 0.3 is 0 Å². The number of halogens is 2. The van der Waals surface area contributed by atoms with Gasteiger partial charge in [0.2, 0.25) is 0 Å². The van der Waals surface area contributed by atoms with E-state index in [0.717, 1.165) is 0 Å². The third-order valence-electron chi connectivity index (χ3n) is 4.42. The van der Waals surface area contributed by atoms with Gasteiger partial charge in [-0.1, -0.05) is 53.6 Å². The maximum atomic E-state index is 13.0. The molecule has 0 aliphatic heterocycles. The molecule has 2 aromatic carbocycles. The van der Waals surface area contributed by atoms with Crippen molar-refractivity contribution in [3.8, 4) is 0 Å². The molecule has 1 amide bonds. The van der Waals surface area contributed by atoms with Crippen molar-refractivity contribution in [1.29, 1.82) is 0 Å². The minimum absolute atomic E-state index is 0.0284. The van der Waals surface area contributed by atoms with Crippen LogP contribution in [0, 0.1) is 0 Å². The Morgan fingerprint density at radius 3 is 2.53 bits per heavy atom. The van der Waals surface area contributed by atoms with E-state index >= 15 is 0 Å². The Kier molecular flexibility index (Phi) is 7.36. The fourth-order valence-corrected chi connectivity index (χ4v) is 5.68. The monoisotopic (exact) mass is 486 g/mol. The van der Waals surface area contributed by atoms with E-state index < -0.39 is 15.7 Å². The smallest absolute Gasteiger partial charge is 0.280 e. The Morgan fingerprint density at radius 2 is 1.83 bits per heavy atom. The highest BCUT2D eigenvalue weighted by atomic mass is 35.5. The molecule has 10 heteroatoms. The Bertz CT molecular complexity index is 1260. The molecule has 1 aromatic heterocycles. The predicted molar refractivity (Wildman–Crippen MR) is 120 cm³/mol. The molecule has 0 bridgehead atoms. The van der Waals surface area contributed by atoms with Crippen LogP contribution >= 0.6 is 34.5 Å². The number of benzene rings is 2. The molecule has 0 N–H and O–H groups in total. The van der Waals surface area contributed by atoms with Gasteiger partial charge in [0.1, 0.15) is 0 Å². The van der Waals surface area contributed by atoms with E-state index in [9.17, 15) is 13.2 Å². The second-order valence-corrected chi connectivity index (χ2v) is 10.3. The molecule has 160 valence electrons. The number of hydrogen-bond acceptors (Lipinski definition) is 5. The van der Waals surface area contributed by atoms with Crippen molar-refractivity contribution in [2.45, 2.75) is 25.3 Å². The Hall–Kier alpha value is -1.71. The lowest BCUT2D eigenvalue weighted by Crippen LogP contribution is -2.20. The van der Waals surface area contributed by atoms with Gasteiger partial charge in [0.25, 0.3) is 5.91 Å². The van der Waals surface area contributed by atoms with E-state index in [0.29, 0.717) is 44.8 Å². The van der Waals surface area contributed by atoms with E-state index in [2.05, 4.69) is 4.99 Å². The molecule has 30 heavy (non-hydrogen) atoms. The van der Waals surface area contributed by atoms with Gasteiger partial charge in [-0.3, -0.25) is 4.79 Å². The third kappa shape index (κ3) is 4.63. The highest BCUT2D eigenvalue weighted by Gasteiger charge is 2.21. The highest BCUT2D eigenvalue weighted by molar-refractivity contribution is 7.91. The fraction of sp³-hybridized carbons (Fsp3) is 0.300. The van der Waals surface area contributed by atoms with Gasteiger partial charge in [0.15, 0.2) is 14.6 Å². The first-order valence-electron chi connectivity index (χ1n) is 9.26. The van der Waals surface area contributed by atoms with Crippen LogP contribution in [-0.2, 0) is 21.1 Å². The van der Waals surface area contributed by atoms with Gasteiger partial charge in [0, 0.05) is 13.2 Å². The van der Waals surface area contributed by atoms with Gasteiger partial charge in [-0.15, -0.1) is 0 Å². The number of rotatable bonds is 7. The summed E-state index contributed by atoms with van der Waals surface area (Å²) in [5.74, 6) is -0.758. The van der Waals surface area contributed by atoms with Crippen molar-refractivity contribution in [2.75, 3.05) is 19.0 Å². The maximum absolute atomic E-state index is 13.0. The van der Waals surface area contributed by atoms with Crippen LogP contribution in [0.3, 0.4) is 0 Å². The van der Waals surface area contributed by atoms with Crippen LogP contribution in [0.1, 0.15) is 24.2 Å². The summed E-state index contributed by atoms with van der Waals surface area (Å²) >= 11 is 14.0. The number of carbonyl (C=O) groups excluding carboxylic acids is 1. The molecule has 3 rings (SSSR count). The lowest BCUT2D eigenvalue weighted by Gasteiger charge is -2.08. The number of carbonyl (C=O) groups is 1. The number of amides is 1. The zero-order valence-electron chi connectivity index (χ0n) is 16.4. The second-order valence-electron chi connectivity index (χ2n) is 6.26. The van der Waals surface area contributed by atoms with Crippen LogP contribution < -0.4 is 4.80 Å². The van der Waals surface area contributed by atoms with Crippen LogP contribution in [0.25, 0.3) is 10.2 Å². The van der Waals surface area contributed by atoms with Gasteiger partial charge in [-0.25, -0.2) is 8.42 Å². The van der Waals surface area contributed by atoms with Crippen LogP contribution in [0.4, 0.5) is 0 Å². The topological polar surface area (TPSA) is 77.7 Å². The minimum atomic E-state index is -3.58. The van der Waals surface area contributed by atoms with E-state index in [-0.39, 0.29) is 16.2 Å². The van der Waals surface area contributed by atoms with Crippen molar-refractivity contribution in [1.82, 2.24) is 4.57 Å². The Morgan fingerprint density at radius 1 is 1.13 bits per heavy atom. The molecule has 6 nitrogen and oxygen atoms in total. The van der Waals surface area contributed by atoms with Crippen molar-refractivity contribution >= 4 is 60.5 Å². The second kappa shape index (κ2) is 9.62. The van der Waals surface area contributed by atoms with Crippen molar-refractivity contribution in [2.24, 2.45) is 4.99 Å². The molecule has 3 aromatic rings. The third-order valence-corrected chi connectivity index (χ3v) is 8.05. The molecule has 0 fully saturated rings. The molecule has 0 aliphatic carbocycles. The highest BCUT2D eigenvalue weighted by Crippen LogP contribution is 2.32. The number of thiazole rings is 1. The first-order chi connectivity index (χ1) is 14.3. The molecular weight excluding hydrogens is 467 g/mol. The Labute approximate surface area is 188 Å². The van der Waals surface area contributed by atoms with Crippen LogP contribution in [0.2, 0.25) is 10.0 Å². The van der Waals surface area contributed by atoms with E-state index in [1.54, 1.807) is 28.8 Å². The summed E-state index contributed by atoms with van der Waals surface area (Å²) in [6.45, 7) is 4.78. The lowest BCUT2D eigenvalue weighted by atomic mass is 10.2. The summed E-state index contributed by atoms with van der Waals surface area (Å²) < 4.78 is 32.7. The summed E-state index contributed by atoms with van der Waals surface area (Å²) in [7, 11) is -3.58. The van der Waals surface area contributed by atoms with Crippen molar-refractivity contribution in [3.05, 3.63) is 56.8 Å². The zero-order chi connectivity index (χ0) is 21.9. The molecule has 0 spiro atoms. The molecule has 0 saturated heterocycles. The Balaban J connectivity index is 2.20. The van der Waals surface area contributed by atoms with Crippen LogP contribution in [0.5, 0.6) is 0 Å². The number of ether oxygens (including phenoxy) is 1. The molecule has 0 saturated carbocycles. The predicted octanol–water partition coefficient (Wildman–Crippen LogP) is 4.58. The van der Waals surface area contributed by atoms with E-state index in [1.807, 2.05) is 6.92 Å². The molecule has 0 unspecified atom stereocenters. The van der Waals surface area contributed by atoms with E-state index in [1.165, 1.54) is 30.4 Å². The van der Waals surface area contributed by atoms with Crippen LogP contribution in [0.15, 0.2) is 46.3 Å². The normalized spacial score (nSPS) is 12.6. The summed E-state index contributed by atoms with van der Waals surface area (Å²) in [6.07, 6.45) is 0. The van der Waals surface area contributed by atoms with Gasteiger partial charge in [-0.05, 0) is 31.2 Å².